The minimum absolute atomic E-state index is 0.0613. The Morgan fingerprint density at radius 1 is 1.40 bits per heavy atom. The molecule has 20 heavy (non-hydrogen) atoms. The lowest BCUT2D eigenvalue weighted by Gasteiger charge is -2.27. The number of carbonyl (C=O) groups is 1. The van der Waals surface area contributed by atoms with Crippen LogP contribution in [0.15, 0.2) is 24.3 Å². The van der Waals surface area contributed by atoms with E-state index in [0.717, 1.165) is 0 Å². The van der Waals surface area contributed by atoms with E-state index in [1.54, 1.807) is 13.8 Å². The molecule has 0 aromatic heterocycles. The van der Waals surface area contributed by atoms with E-state index in [0.29, 0.717) is 12.0 Å². The summed E-state index contributed by atoms with van der Waals surface area (Å²) in [5, 5.41) is 19.4. The molecule has 7 heteroatoms. The van der Waals surface area contributed by atoms with Crippen molar-refractivity contribution >= 4 is 11.8 Å². The molecule has 0 bridgehead atoms. The van der Waals surface area contributed by atoms with E-state index in [1.807, 2.05) is 0 Å². The van der Waals surface area contributed by atoms with Crippen LogP contribution >= 0.6 is 0 Å². The van der Waals surface area contributed by atoms with Crippen molar-refractivity contribution in [3.63, 3.8) is 0 Å². The highest BCUT2D eigenvalue weighted by Gasteiger charge is 2.27. The highest BCUT2D eigenvalue weighted by atomic mass is 16.7. The van der Waals surface area contributed by atoms with Crippen molar-refractivity contribution in [3.8, 4) is 0 Å². The number of nitrogens with zero attached hydrogens (tertiary/aromatic N) is 1. The smallest absolute Gasteiger partial charge is 0.450 e. The van der Waals surface area contributed by atoms with Crippen molar-refractivity contribution < 1.29 is 24.3 Å². The van der Waals surface area contributed by atoms with Gasteiger partial charge < -0.3 is 14.6 Å². The minimum atomic E-state index is -1.40. The van der Waals surface area contributed by atoms with E-state index in [-0.39, 0.29) is 5.69 Å². The van der Waals surface area contributed by atoms with Crippen molar-refractivity contribution in [1.82, 2.24) is 0 Å². The zero-order chi connectivity index (χ0) is 15.3. The second-order valence-electron chi connectivity index (χ2n) is 4.89. The molecular formula is C13H17NO6. The first-order chi connectivity index (χ1) is 9.25. The second-order valence-corrected chi connectivity index (χ2v) is 4.89. The van der Waals surface area contributed by atoms with Gasteiger partial charge in [-0.2, -0.15) is 0 Å². The zero-order valence-electron chi connectivity index (χ0n) is 11.5. The second kappa shape index (κ2) is 6.33. The van der Waals surface area contributed by atoms with Gasteiger partial charge in [-0.05, 0) is 31.5 Å². The molecule has 0 aliphatic rings. The Morgan fingerprint density at radius 2 is 1.95 bits per heavy atom. The Labute approximate surface area is 116 Å². The molecule has 0 amide bonds. The molecule has 1 atom stereocenters. The van der Waals surface area contributed by atoms with Crippen LogP contribution in [-0.2, 0) is 9.47 Å². The quantitative estimate of drug-likeness (QED) is 0.489. The molecule has 0 aliphatic heterocycles. The van der Waals surface area contributed by atoms with Gasteiger partial charge in [0.2, 0.25) is 0 Å². The van der Waals surface area contributed by atoms with Crippen LogP contribution in [0.5, 0.6) is 0 Å². The molecule has 0 saturated heterocycles. The average molecular weight is 283 g/mol. The van der Waals surface area contributed by atoms with Crippen LogP contribution in [0.3, 0.4) is 0 Å². The molecule has 7 nitrogen and oxygen atoms in total. The van der Waals surface area contributed by atoms with E-state index in [9.17, 15) is 14.9 Å². The number of nitro benzene ring substituents is 1. The summed E-state index contributed by atoms with van der Waals surface area (Å²) >= 11 is 0. The van der Waals surface area contributed by atoms with Gasteiger partial charge in [-0.15, -0.1) is 0 Å². The molecule has 0 fully saturated rings. The van der Waals surface area contributed by atoms with Gasteiger partial charge >= 0.3 is 6.16 Å². The monoisotopic (exact) mass is 283 g/mol. The minimum Gasteiger partial charge on any atom is -0.450 e. The lowest BCUT2D eigenvalue weighted by atomic mass is 9.95. The highest BCUT2D eigenvalue weighted by Crippen LogP contribution is 2.30. The summed E-state index contributed by atoms with van der Waals surface area (Å²) in [7, 11) is 1.52. The fourth-order valence-corrected chi connectivity index (χ4v) is 1.69. The first-order valence-electron chi connectivity index (χ1n) is 5.94. The largest absolute Gasteiger partial charge is 0.506 e. The van der Waals surface area contributed by atoms with E-state index in [4.69, 9.17) is 14.6 Å². The number of ether oxygens (including phenoxy) is 2. The molecule has 1 aromatic rings. The topological polar surface area (TPSA) is 98.9 Å². The predicted octanol–water partition coefficient (Wildman–Crippen LogP) is 3.15. The summed E-state index contributed by atoms with van der Waals surface area (Å²) in [6.07, 6.45) is -1.85. The first-order valence-corrected chi connectivity index (χ1v) is 5.94. The number of hydrogen-bond acceptors (Lipinski definition) is 5. The Hall–Kier alpha value is -2.15. The maximum Gasteiger partial charge on any atom is 0.506 e. The molecule has 0 saturated carbocycles. The standard InChI is InChI=1S/C13H17NO6/c1-13(2,19-3)8-11(20-12(15)16)9-4-6-10(7-5-9)14(17)18/h4-7,11H,8H2,1-3H3,(H,15,16). The summed E-state index contributed by atoms with van der Waals surface area (Å²) in [5.74, 6) is 0. The molecule has 0 spiro atoms. The molecule has 1 N–H and O–H groups in total. The Bertz CT molecular complexity index is 482. The van der Waals surface area contributed by atoms with Crippen LogP contribution in [0.1, 0.15) is 31.9 Å². The van der Waals surface area contributed by atoms with Crippen LogP contribution < -0.4 is 0 Å². The van der Waals surface area contributed by atoms with Gasteiger partial charge in [0.1, 0.15) is 6.10 Å². The summed E-state index contributed by atoms with van der Waals surface area (Å²) in [4.78, 5) is 20.8. The molecule has 1 unspecified atom stereocenters. The third-order valence-corrected chi connectivity index (χ3v) is 2.95. The van der Waals surface area contributed by atoms with Crippen LogP contribution in [0.2, 0.25) is 0 Å². The van der Waals surface area contributed by atoms with E-state index in [2.05, 4.69) is 0 Å². The van der Waals surface area contributed by atoms with Crippen molar-refractivity contribution in [2.45, 2.75) is 32.0 Å². The van der Waals surface area contributed by atoms with Gasteiger partial charge in [0.25, 0.3) is 5.69 Å². The summed E-state index contributed by atoms with van der Waals surface area (Å²) in [6, 6.07) is 5.59. The number of non-ortho nitro benzene ring substituents is 1. The number of carboxylic acid groups (broad SMARTS) is 1. The van der Waals surface area contributed by atoms with Crippen LogP contribution in [0.25, 0.3) is 0 Å². The lowest BCUT2D eigenvalue weighted by molar-refractivity contribution is -0.384. The lowest BCUT2D eigenvalue weighted by Crippen LogP contribution is -2.27. The fraction of sp³-hybridized carbons (Fsp3) is 0.462. The molecule has 110 valence electrons. The number of rotatable bonds is 6. The molecule has 0 aliphatic carbocycles. The molecule has 1 rings (SSSR count). The van der Waals surface area contributed by atoms with Crippen molar-refractivity contribution in [3.05, 3.63) is 39.9 Å². The maximum atomic E-state index is 10.8. The number of methoxy groups -OCH3 is 1. The van der Waals surface area contributed by atoms with E-state index < -0.39 is 22.8 Å². The average Bonchev–Trinajstić information content (AvgIpc) is 2.37. The third kappa shape index (κ3) is 4.51. The Morgan fingerprint density at radius 3 is 2.35 bits per heavy atom. The van der Waals surface area contributed by atoms with Crippen molar-refractivity contribution in [2.75, 3.05) is 7.11 Å². The van der Waals surface area contributed by atoms with Gasteiger partial charge in [-0.1, -0.05) is 0 Å². The van der Waals surface area contributed by atoms with Crippen LogP contribution in [-0.4, -0.2) is 28.9 Å². The fourth-order valence-electron chi connectivity index (χ4n) is 1.69. The third-order valence-electron chi connectivity index (χ3n) is 2.95. The summed E-state index contributed by atoms with van der Waals surface area (Å²) < 4.78 is 10.1. The Balaban J connectivity index is 2.98. The SMILES string of the molecule is COC(C)(C)CC(OC(=O)O)c1ccc([N+](=O)[O-])cc1. The normalized spacial score (nSPS) is 12.8. The highest BCUT2D eigenvalue weighted by molar-refractivity contribution is 5.57. The van der Waals surface area contributed by atoms with Gasteiger partial charge in [0.15, 0.2) is 0 Å². The molecule has 0 heterocycles. The van der Waals surface area contributed by atoms with E-state index in [1.165, 1.54) is 31.4 Å². The van der Waals surface area contributed by atoms with Crippen LogP contribution in [0.4, 0.5) is 10.5 Å². The van der Waals surface area contributed by atoms with Gasteiger partial charge in [-0.3, -0.25) is 10.1 Å². The maximum absolute atomic E-state index is 10.8. The first kappa shape index (κ1) is 15.9. The van der Waals surface area contributed by atoms with Crippen LogP contribution in [0, 0.1) is 10.1 Å². The predicted molar refractivity (Wildman–Crippen MR) is 70.7 cm³/mol. The molecule has 0 radical (unpaired) electrons. The number of benzene rings is 1. The number of hydrogen-bond donors (Lipinski definition) is 1. The number of nitro groups is 1. The summed E-state index contributed by atoms with van der Waals surface area (Å²) in [6.45, 7) is 3.60. The van der Waals surface area contributed by atoms with Gasteiger partial charge in [0, 0.05) is 25.7 Å². The van der Waals surface area contributed by atoms with Gasteiger partial charge in [-0.25, -0.2) is 4.79 Å². The Kier molecular flexibility index (Phi) is 5.04. The summed E-state index contributed by atoms with van der Waals surface area (Å²) in [5.41, 5.74) is -0.0982. The van der Waals surface area contributed by atoms with E-state index >= 15 is 0 Å². The molecule has 1 aromatic carbocycles. The van der Waals surface area contributed by atoms with Crippen molar-refractivity contribution in [2.24, 2.45) is 0 Å². The molecular weight excluding hydrogens is 266 g/mol. The van der Waals surface area contributed by atoms with Crippen molar-refractivity contribution in [1.29, 1.82) is 0 Å². The van der Waals surface area contributed by atoms with Gasteiger partial charge in [0.05, 0.1) is 10.5 Å². The zero-order valence-corrected chi connectivity index (χ0v) is 11.5.